The van der Waals surface area contributed by atoms with Crippen molar-refractivity contribution in [2.45, 2.75) is 49.8 Å². The van der Waals surface area contributed by atoms with Crippen LogP contribution in [0.2, 0.25) is 0 Å². The predicted molar refractivity (Wildman–Crippen MR) is 97.6 cm³/mol. The van der Waals surface area contributed by atoms with Gasteiger partial charge in [0.15, 0.2) is 6.29 Å². The maximum Gasteiger partial charge on any atom is 0.337 e. The average molecular weight is 448 g/mol. The summed E-state index contributed by atoms with van der Waals surface area (Å²) in [5.41, 5.74) is 0.263. The van der Waals surface area contributed by atoms with Crippen LogP contribution in [0.1, 0.15) is 12.8 Å². The minimum atomic E-state index is -1.57. The van der Waals surface area contributed by atoms with E-state index in [-0.39, 0.29) is 24.7 Å². The molecule has 176 valence electrons. The molecule has 9 atom stereocenters. The summed E-state index contributed by atoms with van der Waals surface area (Å²) in [6.45, 7) is -0.990. The fourth-order valence-electron chi connectivity index (χ4n) is 4.32. The molecule has 3 aliphatic rings. The molecule has 8 unspecified atom stereocenters. The first-order valence-corrected chi connectivity index (χ1v) is 10.0. The van der Waals surface area contributed by atoms with E-state index in [0.29, 0.717) is 12.8 Å². The van der Waals surface area contributed by atoms with Crippen molar-refractivity contribution in [3.63, 3.8) is 0 Å². The third-order valence-electron chi connectivity index (χ3n) is 5.96. The van der Waals surface area contributed by atoms with E-state index in [0.717, 1.165) is 0 Å². The first kappa shape index (κ1) is 23.9. The van der Waals surface area contributed by atoms with Gasteiger partial charge < -0.3 is 49.2 Å². The zero-order chi connectivity index (χ0) is 22.7. The van der Waals surface area contributed by atoms with Gasteiger partial charge in [0, 0.05) is 11.8 Å². The van der Waals surface area contributed by atoms with Crippen LogP contribution in [0, 0.1) is 17.8 Å². The van der Waals surface area contributed by atoms with Crippen LogP contribution < -0.4 is 0 Å². The molecule has 1 saturated carbocycles. The molecule has 0 aromatic carbocycles. The molecule has 0 spiro atoms. The second-order valence-electron chi connectivity index (χ2n) is 7.69. The monoisotopic (exact) mass is 448 g/mol. The molecule has 3 rings (SSSR count). The standard InChI is InChI=1S/C19H28O12/c1-27-16(24)10-7-30-18(26)12-8(10)2-3-9(12)17(25)28-4-5-29-19-15(23)14(22)13(21)11(6-20)31-19/h7-9,11-15,18-23,26H,2-6H2,1H3/t8?,9?,11?,12?,13?,14?,15?,18-,19?/m0/s1. The second kappa shape index (κ2) is 10.2. The molecule has 2 fully saturated rings. The van der Waals surface area contributed by atoms with Gasteiger partial charge in [-0.25, -0.2) is 4.79 Å². The van der Waals surface area contributed by atoms with E-state index in [4.69, 9.17) is 28.8 Å². The van der Waals surface area contributed by atoms with Crippen LogP contribution in [0.4, 0.5) is 0 Å². The Balaban J connectivity index is 1.49. The van der Waals surface area contributed by atoms with Gasteiger partial charge in [-0.15, -0.1) is 0 Å². The normalized spacial score (nSPS) is 39.8. The van der Waals surface area contributed by atoms with Crippen molar-refractivity contribution in [2.24, 2.45) is 17.8 Å². The van der Waals surface area contributed by atoms with Crippen molar-refractivity contribution in [2.75, 3.05) is 26.9 Å². The van der Waals surface area contributed by atoms with Crippen LogP contribution in [0.15, 0.2) is 11.8 Å². The maximum absolute atomic E-state index is 12.5. The molecule has 0 aromatic heterocycles. The molecule has 1 aliphatic carbocycles. The Morgan fingerprint density at radius 1 is 1.10 bits per heavy atom. The third kappa shape index (κ3) is 4.85. The summed E-state index contributed by atoms with van der Waals surface area (Å²) in [5.74, 6) is -2.92. The molecule has 0 aromatic rings. The van der Waals surface area contributed by atoms with Gasteiger partial charge in [0.2, 0.25) is 6.29 Å². The van der Waals surface area contributed by atoms with E-state index in [9.17, 15) is 30.0 Å². The van der Waals surface area contributed by atoms with E-state index < -0.39 is 67.4 Å². The Morgan fingerprint density at radius 2 is 1.84 bits per heavy atom. The lowest BCUT2D eigenvalue weighted by molar-refractivity contribution is -0.302. The summed E-state index contributed by atoms with van der Waals surface area (Å²) in [5, 5.41) is 48.7. The highest BCUT2D eigenvalue weighted by Crippen LogP contribution is 2.46. The van der Waals surface area contributed by atoms with Crippen molar-refractivity contribution in [3.8, 4) is 0 Å². The molecule has 0 radical (unpaired) electrons. The largest absolute Gasteiger partial charge is 0.472 e. The number of hydrogen-bond acceptors (Lipinski definition) is 12. The molecule has 0 bridgehead atoms. The van der Waals surface area contributed by atoms with E-state index in [1.807, 2.05) is 0 Å². The zero-order valence-corrected chi connectivity index (χ0v) is 16.9. The smallest absolute Gasteiger partial charge is 0.337 e. The minimum Gasteiger partial charge on any atom is -0.472 e. The van der Waals surface area contributed by atoms with Gasteiger partial charge in [-0.05, 0) is 12.8 Å². The van der Waals surface area contributed by atoms with Crippen molar-refractivity contribution < 1.29 is 58.8 Å². The molecule has 12 heteroatoms. The summed E-state index contributed by atoms with van der Waals surface area (Å²) in [6, 6.07) is 0. The highest BCUT2D eigenvalue weighted by Gasteiger charge is 2.51. The number of methoxy groups -OCH3 is 1. The van der Waals surface area contributed by atoms with Crippen molar-refractivity contribution in [3.05, 3.63) is 11.8 Å². The number of aliphatic hydroxyl groups is 5. The lowest BCUT2D eigenvalue weighted by atomic mass is 9.83. The summed E-state index contributed by atoms with van der Waals surface area (Å²) >= 11 is 0. The Labute approximate surface area is 177 Å². The number of carbonyl (C=O) groups is 2. The molecule has 31 heavy (non-hydrogen) atoms. The van der Waals surface area contributed by atoms with Gasteiger partial charge in [0.1, 0.15) is 31.0 Å². The summed E-state index contributed by atoms with van der Waals surface area (Å²) < 4.78 is 25.5. The van der Waals surface area contributed by atoms with Gasteiger partial charge in [-0.2, -0.15) is 0 Å². The first-order valence-electron chi connectivity index (χ1n) is 10.0. The van der Waals surface area contributed by atoms with Crippen LogP contribution in [0.3, 0.4) is 0 Å². The number of fused-ring (bicyclic) bond motifs is 1. The number of carbonyl (C=O) groups excluding carboxylic acids is 2. The Kier molecular flexibility index (Phi) is 7.86. The summed E-state index contributed by atoms with van der Waals surface area (Å²) in [7, 11) is 1.24. The van der Waals surface area contributed by atoms with Crippen LogP contribution in [0.5, 0.6) is 0 Å². The van der Waals surface area contributed by atoms with Crippen LogP contribution in [-0.4, -0.2) is 101 Å². The van der Waals surface area contributed by atoms with Crippen LogP contribution >= 0.6 is 0 Å². The van der Waals surface area contributed by atoms with Gasteiger partial charge in [0.05, 0.1) is 38.1 Å². The van der Waals surface area contributed by atoms with E-state index >= 15 is 0 Å². The van der Waals surface area contributed by atoms with E-state index in [1.54, 1.807) is 0 Å². The highest BCUT2D eigenvalue weighted by molar-refractivity contribution is 5.89. The second-order valence-corrected chi connectivity index (χ2v) is 7.69. The van der Waals surface area contributed by atoms with Crippen molar-refractivity contribution >= 4 is 11.9 Å². The van der Waals surface area contributed by atoms with Gasteiger partial charge in [-0.3, -0.25) is 4.79 Å². The van der Waals surface area contributed by atoms with Gasteiger partial charge in [-0.1, -0.05) is 0 Å². The van der Waals surface area contributed by atoms with E-state index in [1.165, 1.54) is 13.4 Å². The molecule has 12 nitrogen and oxygen atoms in total. The maximum atomic E-state index is 12.5. The van der Waals surface area contributed by atoms with Gasteiger partial charge in [0.25, 0.3) is 0 Å². The van der Waals surface area contributed by atoms with Crippen molar-refractivity contribution in [1.82, 2.24) is 0 Å². The molecular formula is C19H28O12. The average Bonchev–Trinajstić information content (AvgIpc) is 3.22. The lowest BCUT2D eigenvalue weighted by Gasteiger charge is -2.39. The number of hydrogen-bond donors (Lipinski definition) is 5. The number of esters is 2. The Morgan fingerprint density at radius 3 is 2.52 bits per heavy atom. The van der Waals surface area contributed by atoms with Gasteiger partial charge >= 0.3 is 11.9 Å². The molecule has 1 saturated heterocycles. The van der Waals surface area contributed by atoms with Crippen LogP contribution in [-0.2, 0) is 33.3 Å². The van der Waals surface area contributed by atoms with Crippen molar-refractivity contribution in [1.29, 1.82) is 0 Å². The first-order chi connectivity index (χ1) is 14.8. The Bertz CT molecular complexity index is 679. The summed E-state index contributed by atoms with van der Waals surface area (Å²) in [6.07, 6.45) is -6.29. The number of rotatable bonds is 7. The zero-order valence-electron chi connectivity index (χ0n) is 16.9. The molecule has 2 heterocycles. The SMILES string of the molecule is COC(=O)C1=CO[C@H](O)C2C(C(=O)OCCOC3OC(CO)C(O)C(O)C3O)CCC12. The fourth-order valence-corrected chi connectivity index (χ4v) is 4.32. The highest BCUT2D eigenvalue weighted by atomic mass is 16.7. The predicted octanol–water partition coefficient (Wildman–Crippen LogP) is -2.61. The quantitative estimate of drug-likeness (QED) is 0.203. The molecule has 2 aliphatic heterocycles. The molecule has 5 N–H and O–H groups in total. The number of aliphatic hydroxyl groups excluding tert-OH is 5. The number of ether oxygens (including phenoxy) is 5. The minimum absolute atomic E-state index is 0.193. The summed E-state index contributed by atoms with van der Waals surface area (Å²) in [4.78, 5) is 24.4. The molecule has 0 amide bonds. The van der Waals surface area contributed by atoms with Crippen LogP contribution in [0.25, 0.3) is 0 Å². The topological polar surface area (TPSA) is 181 Å². The molecular weight excluding hydrogens is 420 g/mol. The lowest BCUT2D eigenvalue weighted by Crippen LogP contribution is -2.59. The van der Waals surface area contributed by atoms with E-state index in [2.05, 4.69) is 0 Å². The Hall–Kier alpha value is -1.80. The third-order valence-corrected chi connectivity index (χ3v) is 5.96. The fraction of sp³-hybridized carbons (Fsp3) is 0.789.